The van der Waals surface area contributed by atoms with Gasteiger partial charge in [0.1, 0.15) is 48.8 Å². The molecular weight excluding hydrogens is 1130 g/mol. The Morgan fingerprint density at radius 1 is 0.400 bits per heavy atom. The minimum atomic E-state index is -1.79. The third-order valence-electron chi connectivity index (χ3n) is 18.2. The summed E-state index contributed by atoms with van der Waals surface area (Å²) in [5.41, 5.74) is 0. The van der Waals surface area contributed by atoms with Gasteiger partial charge in [-0.05, 0) is 77.0 Å². The number of rotatable bonds is 62. The van der Waals surface area contributed by atoms with Gasteiger partial charge in [-0.15, -0.1) is 0 Å². The van der Waals surface area contributed by atoms with Crippen LogP contribution in [0.1, 0.15) is 322 Å². The molecule has 14 heteroatoms. The van der Waals surface area contributed by atoms with E-state index in [-0.39, 0.29) is 18.9 Å². The summed E-state index contributed by atoms with van der Waals surface area (Å²) in [5.74, 6) is -0.249. The maximum absolute atomic E-state index is 13.3. The summed E-state index contributed by atoms with van der Waals surface area (Å²) < 4.78 is 22.8. The Morgan fingerprint density at radius 2 is 0.744 bits per heavy atom. The average Bonchev–Trinajstić information content (AvgIpc) is 1.58. The van der Waals surface area contributed by atoms with Gasteiger partial charge < -0.3 is 65.1 Å². The molecule has 0 aromatic rings. The number of nitrogens with one attached hydrogen (secondary N) is 1. The summed E-state index contributed by atoms with van der Waals surface area (Å²) in [6.07, 6.45) is 64.7. The molecular formula is C76H139NO13. The zero-order chi connectivity index (χ0) is 65.2. The predicted molar refractivity (Wildman–Crippen MR) is 369 cm³/mol. The van der Waals surface area contributed by atoms with Crippen molar-refractivity contribution in [3.05, 3.63) is 60.8 Å². The fraction of sp³-hybridized carbons (Fsp3) is 0.855. The first-order chi connectivity index (χ1) is 44.1. The molecule has 2 aliphatic rings. The zero-order valence-corrected chi connectivity index (χ0v) is 57.4. The molecule has 0 bridgehead atoms. The lowest BCUT2D eigenvalue weighted by molar-refractivity contribution is -0.359. The van der Waals surface area contributed by atoms with Gasteiger partial charge in [-0.3, -0.25) is 4.79 Å². The van der Waals surface area contributed by atoms with Crippen molar-refractivity contribution >= 4 is 5.91 Å². The number of unbranched alkanes of at least 4 members (excludes halogenated alkanes) is 41. The second-order valence-corrected chi connectivity index (χ2v) is 26.4. The number of aliphatic hydroxyl groups excluding tert-OH is 8. The lowest BCUT2D eigenvalue weighted by atomic mass is 9.97. The van der Waals surface area contributed by atoms with Gasteiger partial charge in [-0.2, -0.15) is 0 Å². The van der Waals surface area contributed by atoms with Crippen molar-refractivity contribution < 1.29 is 64.6 Å². The number of ether oxygens (including phenoxy) is 4. The van der Waals surface area contributed by atoms with Crippen LogP contribution in [0.4, 0.5) is 0 Å². The molecule has 0 spiro atoms. The van der Waals surface area contributed by atoms with E-state index in [9.17, 15) is 45.6 Å². The van der Waals surface area contributed by atoms with Gasteiger partial charge in [0.05, 0.1) is 32.0 Å². The van der Waals surface area contributed by atoms with Gasteiger partial charge in [-0.25, -0.2) is 0 Å². The monoisotopic (exact) mass is 1270 g/mol. The molecule has 0 aliphatic carbocycles. The first-order valence-corrected chi connectivity index (χ1v) is 37.5. The van der Waals surface area contributed by atoms with Crippen LogP contribution < -0.4 is 5.32 Å². The molecule has 526 valence electrons. The number of aliphatic hydroxyl groups is 8. The van der Waals surface area contributed by atoms with E-state index < -0.39 is 86.8 Å². The Hall–Kier alpha value is -2.31. The number of carbonyl (C=O) groups excluding carboxylic acids is 1. The Bertz CT molecular complexity index is 1740. The van der Waals surface area contributed by atoms with Crippen LogP contribution in [-0.4, -0.2) is 140 Å². The highest BCUT2D eigenvalue weighted by molar-refractivity contribution is 5.76. The molecule has 12 atom stereocenters. The Kier molecular flexibility index (Phi) is 56.2. The molecule has 90 heavy (non-hydrogen) atoms. The SMILES string of the molecule is CCCCCCC/C=C\C/C=C\CCCCCCCCCCCCCCCCCCCCCCCCCCCCCCCC(=O)NC(COC1OC(CO)C(OC2OC(CO)C(O)C(O)C2O)C(O)C1O)C(O)/C=C/CC/C=C/CC/C=C/CCCCCCC. The predicted octanol–water partition coefficient (Wildman–Crippen LogP) is 16.0. The van der Waals surface area contributed by atoms with Crippen LogP contribution in [0.5, 0.6) is 0 Å². The molecule has 2 rings (SSSR count). The highest BCUT2D eigenvalue weighted by Crippen LogP contribution is 2.30. The number of carbonyl (C=O) groups is 1. The van der Waals surface area contributed by atoms with E-state index in [0.717, 1.165) is 51.4 Å². The Balaban J connectivity index is 1.54. The van der Waals surface area contributed by atoms with Crippen LogP contribution in [0.2, 0.25) is 0 Å². The third-order valence-corrected chi connectivity index (χ3v) is 18.2. The zero-order valence-electron chi connectivity index (χ0n) is 57.4. The first kappa shape index (κ1) is 83.8. The Labute approximate surface area is 549 Å². The topological polar surface area (TPSA) is 228 Å². The second kappa shape index (κ2) is 60.4. The van der Waals surface area contributed by atoms with E-state index in [1.165, 1.54) is 238 Å². The molecule has 0 aromatic carbocycles. The van der Waals surface area contributed by atoms with Crippen molar-refractivity contribution in [2.75, 3.05) is 19.8 Å². The van der Waals surface area contributed by atoms with E-state index >= 15 is 0 Å². The average molecular weight is 1270 g/mol. The van der Waals surface area contributed by atoms with E-state index in [1.807, 2.05) is 6.08 Å². The smallest absolute Gasteiger partial charge is 0.220 e. The van der Waals surface area contributed by atoms with E-state index in [4.69, 9.17) is 18.9 Å². The van der Waals surface area contributed by atoms with Gasteiger partial charge in [0, 0.05) is 6.42 Å². The summed E-state index contributed by atoms with van der Waals surface area (Å²) in [7, 11) is 0. The lowest BCUT2D eigenvalue weighted by Crippen LogP contribution is -2.65. The van der Waals surface area contributed by atoms with Gasteiger partial charge in [0.2, 0.25) is 5.91 Å². The number of amides is 1. The van der Waals surface area contributed by atoms with E-state index in [2.05, 4.69) is 67.8 Å². The minimum absolute atomic E-state index is 0.249. The summed E-state index contributed by atoms with van der Waals surface area (Å²) in [6.45, 7) is 2.77. The van der Waals surface area contributed by atoms with Crippen molar-refractivity contribution in [3.63, 3.8) is 0 Å². The molecule has 2 aliphatic heterocycles. The highest BCUT2D eigenvalue weighted by Gasteiger charge is 2.51. The second-order valence-electron chi connectivity index (χ2n) is 26.4. The molecule has 2 heterocycles. The number of hydrogen-bond acceptors (Lipinski definition) is 13. The van der Waals surface area contributed by atoms with Crippen molar-refractivity contribution in [1.29, 1.82) is 0 Å². The normalized spacial score (nSPS) is 23.2. The van der Waals surface area contributed by atoms with Crippen LogP contribution in [0.3, 0.4) is 0 Å². The van der Waals surface area contributed by atoms with Crippen LogP contribution >= 0.6 is 0 Å². The van der Waals surface area contributed by atoms with Crippen molar-refractivity contribution in [2.45, 2.75) is 396 Å². The molecule has 1 amide bonds. The van der Waals surface area contributed by atoms with Crippen LogP contribution in [0, 0.1) is 0 Å². The van der Waals surface area contributed by atoms with E-state index in [0.29, 0.717) is 12.8 Å². The molecule has 12 unspecified atom stereocenters. The third kappa shape index (κ3) is 43.6. The molecule has 14 nitrogen and oxygen atoms in total. The maximum Gasteiger partial charge on any atom is 0.220 e. The first-order valence-electron chi connectivity index (χ1n) is 37.5. The fourth-order valence-electron chi connectivity index (χ4n) is 12.2. The maximum atomic E-state index is 13.3. The van der Waals surface area contributed by atoms with Gasteiger partial charge >= 0.3 is 0 Å². The van der Waals surface area contributed by atoms with Crippen LogP contribution in [0.15, 0.2) is 60.8 Å². The van der Waals surface area contributed by atoms with Crippen molar-refractivity contribution in [3.8, 4) is 0 Å². The molecule has 9 N–H and O–H groups in total. The molecule has 0 saturated carbocycles. The standard InChI is InChI=1S/C76H139NO13/c1-3-5-7-9-11-13-15-17-19-20-21-22-23-24-25-26-27-28-29-30-31-32-33-34-35-36-37-38-39-40-41-42-43-44-46-48-50-52-54-56-58-60-68(81)77-64(65(80)59-57-55-53-51-49-47-45-18-16-14-12-10-8-6-4-2)63-87-75-73(86)71(84)74(67(62-79)89-75)90-76-72(85)70(83)69(82)66(61-78)88-76/h15-18,20-21,49,51,57,59,64-67,69-76,78-80,82-86H,3-14,19,22-48,50,52-56,58,60-63H2,1-2H3,(H,77,81)/b17-15-,18-16+,21-20-,51-49+,59-57+. The minimum Gasteiger partial charge on any atom is -0.394 e. The largest absolute Gasteiger partial charge is 0.394 e. The van der Waals surface area contributed by atoms with Gasteiger partial charge in [0.25, 0.3) is 0 Å². The summed E-state index contributed by atoms with van der Waals surface area (Å²) in [6, 6.07) is -0.938. The molecule has 2 saturated heterocycles. The quantitative estimate of drug-likeness (QED) is 0.0204. The van der Waals surface area contributed by atoms with Gasteiger partial charge in [-0.1, -0.05) is 299 Å². The lowest BCUT2D eigenvalue weighted by Gasteiger charge is -2.46. The summed E-state index contributed by atoms with van der Waals surface area (Å²) >= 11 is 0. The van der Waals surface area contributed by atoms with Gasteiger partial charge in [0.15, 0.2) is 12.6 Å². The molecule has 2 fully saturated rings. The molecule has 0 aromatic heterocycles. The number of allylic oxidation sites excluding steroid dienone is 9. The molecule has 0 radical (unpaired) electrons. The van der Waals surface area contributed by atoms with Crippen LogP contribution in [0.25, 0.3) is 0 Å². The summed E-state index contributed by atoms with van der Waals surface area (Å²) in [4.78, 5) is 13.3. The van der Waals surface area contributed by atoms with Crippen LogP contribution in [-0.2, 0) is 23.7 Å². The highest BCUT2D eigenvalue weighted by atomic mass is 16.7. The fourth-order valence-corrected chi connectivity index (χ4v) is 12.2. The van der Waals surface area contributed by atoms with Crippen molar-refractivity contribution in [1.82, 2.24) is 5.32 Å². The number of hydrogen-bond donors (Lipinski definition) is 9. The Morgan fingerprint density at radius 3 is 1.16 bits per heavy atom. The van der Waals surface area contributed by atoms with E-state index in [1.54, 1.807) is 6.08 Å². The summed E-state index contributed by atoms with van der Waals surface area (Å²) in [5, 5.41) is 87.3. The van der Waals surface area contributed by atoms with Crippen molar-refractivity contribution in [2.24, 2.45) is 0 Å².